The summed E-state index contributed by atoms with van der Waals surface area (Å²) in [5, 5.41) is 12.0. The van der Waals surface area contributed by atoms with Gasteiger partial charge in [-0.25, -0.2) is 13.6 Å². The fourth-order valence-corrected chi connectivity index (χ4v) is 5.74. The van der Waals surface area contributed by atoms with Crippen LogP contribution in [0.4, 0.5) is 28.0 Å². The Morgan fingerprint density at radius 1 is 0.979 bits per heavy atom. The highest BCUT2D eigenvalue weighted by atomic mass is 19.2. The van der Waals surface area contributed by atoms with E-state index in [1.54, 1.807) is 42.5 Å². The molecule has 0 aliphatic carbocycles. The number of anilines is 1. The Morgan fingerprint density at radius 3 is 2.30 bits per heavy atom. The maximum atomic E-state index is 14.0. The molecule has 0 saturated carbocycles. The van der Waals surface area contributed by atoms with E-state index in [1.165, 1.54) is 4.90 Å². The molecule has 0 aromatic heterocycles. The van der Waals surface area contributed by atoms with Crippen molar-refractivity contribution in [3.8, 4) is 11.5 Å². The molecule has 2 aliphatic heterocycles. The quantitative estimate of drug-likeness (QED) is 0.226. The van der Waals surface area contributed by atoms with Crippen LogP contribution < -0.4 is 19.7 Å². The number of aliphatic carboxylic acids is 1. The first kappa shape index (κ1) is 33.1. The molecule has 47 heavy (non-hydrogen) atoms. The predicted octanol–water partition coefficient (Wildman–Crippen LogP) is 4.61. The molecule has 0 fully saturated rings. The van der Waals surface area contributed by atoms with Crippen LogP contribution in [0.5, 0.6) is 11.5 Å². The number of Topliss-reactive ketones (excluding diaryl/α,β-unsaturated/α-hetero) is 2. The van der Waals surface area contributed by atoms with E-state index >= 15 is 0 Å². The Bertz CT molecular complexity index is 1740. The molecule has 3 atom stereocenters. The molecule has 246 valence electrons. The molecule has 0 radical (unpaired) electrons. The number of ether oxygens (including phenoxy) is 2. The Kier molecular flexibility index (Phi) is 9.59. The number of hydrogen-bond donors (Lipinski definition) is 2. The number of carbonyl (C=O) groups excluding carboxylic acids is 4. The van der Waals surface area contributed by atoms with E-state index in [4.69, 9.17) is 9.47 Å². The lowest BCUT2D eigenvalue weighted by atomic mass is 9.90. The number of ketones is 2. The van der Waals surface area contributed by atoms with E-state index < -0.39 is 96.0 Å². The van der Waals surface area contributed by atoms with E-state index in [0.717, 1.165) is 11.1 Å². The van der Waals surface area contributed by atoms with Crippen LogP contribution in [-0.4, -0.2) is 53.3 Å². The molecule has 5 rings (SSSR count). The molecule has 0 bridgehead atoms. The van der Waals surface area contributed by atoms with Gasteiger partial charge in [0.25, 0.3) is 0 Å². The van der Waals surface area contributed by atoms with Crippen LogP contribution in [-0.2, 0) is 32.0 Å². The fourth-order valence-electron chi connectivity index (χ4n) is 5.74. The van der Waals surface area contributed by atoms with Crippen LogP contribution in [0.2, 0.25) is 0 Å². The number of aryl methyl sites for hydroxylation is 2. The van der Waals surface area contributed by atoms with Crippen molar-refractivity contribution in [3.05, 3.63) is 88.5 Å². The van der Waals surface area contributed by atoms with Gasteiger partial charge < -0.3 is 19.9 Å². The highest BCUT2D eigenvalue weighted by molar-refractivity contribution is 6.08. The van der Waals surface area contributed by atoms with Gasteiger partial charge in [0.15, 0.2) is 29.0 Å². The molecule has 2 heterocycles. The highest BCUT2D eigenvalue weighted by Gasteiger charge is 2.44. The van der Waals surface area contributed by atoms with E-state index in [2.05, 4.69) is 5.32 Å². The van der Waals surface area contributed by atoms with Crippen molar-refractivity contribution in [3.63, 3.8) is 0 Å². The van der Waals surface area contributed by atoms with Gasteiger partial charge in [-0.05, 0) is 43.0 Å². The first-order valence-electron chi connectivity index (χ1n) is 14.6. The second kappa shape index (κ2) is 13.6. The Hall–Kier alpha value is -5.27. The van der Waals surface area contributed by atoms with Gasteiger partial charge in [0.05, 0.1) is 18.2 Å². The van der Waals surface area contributed by atoms with Crippen LogP contribution in [0.1, 0.15) is 36.0 Å². The molecular weight excluding hydrogens is 628 g/mol. The van der Waals surface area contributed by atoms with Gasteiger partial charge in [-0.1, -0.05) is 35.9 Å². The fraction of sp³-hybridized carbons (Fsp3) is 0.303. The van der Waals surface area contributed by atoms with Gasteiger partial charge in [-0.15, -0.1) is 0 Å². The number of amides is 2. The van der Waals surface area contributed by atoms with Gasteiger partial charge >= 0.3 is 12.1 Å². The monoisotopic (exact) mass is 656 g/mol. The second-order valence-corrected chi connectivity index (χ2v) is 11.3. The maximum absolute atomic E-state index is 14.0. The van der Waals surface area contributed by atoms with Crippen molar-refractivity contribution in [1.29, 1.82) is 0 Å². The summed E-state index contributed by atoms with van der Waals surface area (Å²) in [5.74, 6) is -14.1. The normalized spacial score (nSPS) is 17.4. The number of rotatable bonds is 11. The van der Waals surface area contributed by atoms with Gasteiger partial charge in [-0.2, -0.15) is 8.78 Å². The summed E-state index contributed by atoms with van der Waals surface area (Å²) >= 11 is 0. The number of para-hydroxylation sites is 1. The zero-order valence-electron chi connectivity index (χ0n) is 24.9. The molecule has 2 aliphatic rings. The first-order valence-corrected chi connectivity index (χ1v) is 14.6. The molecule has 2 unspecified atom stereocenters. The number of hydrogen-bond acceptors (Lipinski definition) is 7. The molecular formula is C33H28F4N2O8. The molecule has 3 aromatic rings. The van der Waals surface area contributed by atoms with Crippen LogP contribution >= 0.6 is 0 Å². The molecule has 0 saturated heterocycles. The van der Waals surface area contributed by atoms with E-state index in [0.29, 0.717) is 17.7 Å². The third-order valence-corrected chi connectivity index (χ3v) is 8.06. The van der Waals surface area contributed by atoms with Gasteiger partial charge in [0, 0.05) is 24.8 Å². The maximum Gasteiger partial charge on any atom is 0.413 e. The highest BCUT2D eigenvalue weighted by Crippen LogP contribution is 2.40. The largest absolute Gasteiger partial charge is 0.481 e. The Morgan fingerprint density at radius 2 is 1.64 bits per heavy atom. The third kappa shape index (κ3) is 7.11. The second-order valence-electron chi connectivity index (χ2n) is 11.3. The van der Waals surface area contributed by atoms with Crippen LogP contribution in [0, 0.1) is 36.1 Å². The summed E-state index contributed by atoms with van der Waals surface area (Å²) in [4.78, 5) is 66.2. The van der Waals surface area contributed by atoms with Crippen molar-refractivity contribution in [2.75, 3.05) is 11.5 Å². The molecule has 14 heteroatoms. The zero-order chi connectivity index (χ0) is 34.0. The minimum absolute atomic E-state index is 0.0394. The average molecular weight is 657 g/mol. The number of carboxylic acids is 1. The lowest BCUT2D eigenvalue weighted by Crippen LogP contribution is -2.53. The number of nitrogens with one attached hydrogen (secondary N) is 1. The summed E-state index contributed by atoms with van der Waals surface area (Å²) in [5.41, 5.74) is 2.82. The third-order valence-electron chi connectivity index (χ3n) is 8.06. The summed E-state index contributed by atoms with van der Waals surface area (Å²) < 4.78 is 65.2. The number of nitrogens with zero attached hydrogens (tertiary/aromatic N) is 1. The van der Waals surface area contributed by atoms with E-state index in [-0.39, 0.29) is 24.7 Å². The molecule has 2 N–H and O–H groups in total. The van der Waals surface area contributed by atoms with E-state index in [9.17, 15) is 46.6 Å². The van der Waals surface area contributed by atoms with Crippen molar-refractivity contribution >= 4 is 35.2 Å². The lowest BCUT2D eigenvalue weighted by Gasteiger charge is -2.28. The lowest BCUT2D eigenvalue weighted by molar-refractivity contribution is -0.142. The summed E-state index contributed by atoms with van der Waals surface area (Å²) in [6.07, 6.45) is -1.89. The van der Waals surface area contributed by atoms with E-state index in [1.807, 2.05) is 6.92 Å². The average Bonchev–Trinajstić information content (AvgIpc) is 3.36. The smallest absolute Gasteiger partial charge is 0.413 e. The first-order chi connectivity index (χ1) is 22.3. The summed E-state index contributed by atoms with van der Waals surface area (Å²) in [6.45, 7) is 0.660. The Labute approximate surface area is 265 Å². The van der Waals surface area contributed by atoms with Crippen LogP contribution in [0.15, 0.2) is 48.5 Å². The summed E-state index contributed by atoms with van der Waals surface area (Å²) in [6, 6.07) is 9.59. The zero-order valence-corrected chi connectivity index (χ0v) is 24.9. The molecule has 10 nitrogen and oxygen atoms in total. The van der Waals surface area contributed by atoms with Crippen molar-refractivity contribution in [2.24, 2.45) is 5.92 Å². The Balaban J connectivity index is 1.33. The van der Waals surface area contributed by atoms with Crippen molar-refractivity contribution in [2.45, 2.75) is 51.1 Å². The summed E-state index contributed by atoms with van der Waals surface area (Å²) in [7, 11) is 0. The van der Waals surface area contributed by atoms with Crippen LogP contribution in [0.25, 0.3) is 0 Å². The topological polar surface area (TPSA) is 139 Å². The predicted molar refractivity (Wildman–Crippen MR) is 156 cm³/mol. The standard InChI is InChI=1S/C33H28F4N2O8/c1-16-5-8-20(9-6-16)47-33(45)38-23-10-7-17-3-2-4-18-11-24(39(30(17)18)32(23)44)25(40)12-19(13-27(42)43)26(41)15-46-31-28(36)21(34)14-22(35)29(31)37/h2-6,8-9,14,19,23-24H,7,10-13,15H2,1H3,(H,38,45)(H,42,43)/t19?,23-,24?/m0/s1. The van der Waals surface area contributed by atoms with Crippen molar-refractivity contribution < 1.29 is 56.1 Å². The van der Waals surface area contributed by atoms with Crippen LogP contribution in [0.3, 0.4) is 0 Å². The number of carboxylic acid groups (broad SMARTS) is 1. The number of halogens is 4. The minimum atomic E-state index is -1.90. The molecule has 3 aromatic carbocycles. The molecule has 0 spiro atoms. The SMILES string of the molecule is Cc1ccc(OC(=O)N[C@H]2CCc3cccc4c3N(C2=O)C(C(=O)CC(CC(=O)O)C(=O)COc2c(F)c(F)cc(F)c2F)C4)cc1. The van der Waals surface area contributed by atoms with Gasteiger partial charge in [0.2, 0.25) is 17.5 Å². The van der Waals surface area contributed by atoms with Gasteiger partial charge in [-0.3, -0.25) is 24.1 Å². The number of benzene rings is 3. The minimum Gasteiger partial charge on any atom is -0.481 e. The van der Waals surface area contributed by atoms with Gasteiger partial charge in [0.1, 0.15) is 18.4 Å². The number of carbonyl (C=O) groups is 5. The van der Waals surface area contributed by atoms with Crippen molar-refractivity contribution in [1.82, 2.24) is 5.32 Å². The molecule has 2 amide bonds.